The maximum atomic E-state index is 12.3. The van der Waals surface area contributed by atoms with E-state index in [1.54, 1.807) is 12.1 Å². The summed E-state index contributed by atoms with van der Waals surface area (Å²) in [6.45, 7) is 2.50. The van der Waals surface area contributed by atoms with Gasteiger partial charge in [0.1, 0.15) is 5.76 Å². The van der Waals surface area contributed by atoms with Crippen molar-refractivity contribution in [1.82, 2.24) is 5.32 Å². The molecule has 1 heterocycles. The Labute approximate surface area is 160 Å². The fourth-order valence-electron chi connectivity index (χ4n) is 2.65. The summed E-state index contributed by atoms with van der Waals surface area (Å²) in [5.74, 6) is 0.353. The predicted octanol–water partition coefficient (Wildman–Crippen LogP) is 5.04. The summed E-state index contributed by atoms with van der Waals surface area (Å²) in [4.78, 5) is 22.6. The van der Waals surface area contributed by atoms with Crippen LogP contribution in [0.5, 0.6) is 0 Å². The largest absolute Gasteiger partial charge is 0.451 e. The molecule has 2 aromatic carbocycles. The van der Waals surface area contributed by atoms with E-state index in [9.17, 15) is 14.9 Å². The average Bonchev–Trinajstić information content (AvgIpc) is 3.16. The van der Waals surface area contributed by atoms with Crippen LogP contribution in [0.3, 0.4) is 0 Å². The molecule has 1 amide bonds. The number of amides is 1. The first kappa shape index (κ1) is 18.7. The van der Waals surface area contributed by atoms with E-state index in [4.69, 9.17) is 16.0 Å². The van der Waals surface area contributed by atoms with Crippen LogP contribution in [0.2, 0.25) is 5.02 Å². The normalized spacial score (nSPS) is 11.8. The molecule has 0 aliphatic carbocycles. The molecule has 27 heavy (non-hydrogen) atoms. The highest BCUT2D eigenvalue weighted by atomic mass is 35.5. The average molecular weight is 385 g/mol. The van der Waals surface area contributed by atoms with Crippen molar-refractivity contribution in [3.05, 3.63) is 87.1 Å². The van der Waals surface area contributed by atoms with E-state index in [1.807, 2.05) is 37.3 Å². The number of carbonyl (C=O) groups excluding carboxylic acids is 1. The second-order valence-electron chi connectivity index (χ2n) is 6.11. The van der Waals surface area contributed by atoms with Gasteiger partial charge in [0, 0.05) is 24.2 Å². The van der Waals surface area contributed by atoms with Crippen molar-refractivity contribution in [2.75, 3.05) is 6.54 Å². The van der Waals surface area contributed by atoms with Crippen LogP contribution < -0.4 is 5.32 Å². The Bertz CT molecular complexity index is 969. The first-order chi connectivity index (χ1) is 13.0. The zero-order valence-corrected chi connectivity index (χ0v) is 15.3. The van der Waals surface area contributed by atoms with Crippen molar-refractivity contribution in [2.24, 2.45) is 0 Å². The fourth-order valence-corrected chi connectivity index (χ4v) is 2.92. The maximum Gasteiger partial charge on any atom is 0.287 e. The third kappa shape index (κ3) is 4.35. The number of furan rings is 1. The predicted molar refractivity (Wildman–Crippen MR) is 103 cm³/mol. The van der Waals surface area contributed by atoms with Crippen LogP contribution in [0, 0.1) is 10.1 Å². The van der Waals surface area contributed by atoms with Crippen molar-refractivity contribution in [2.45, 2.75) is 12.8 Å². The Balaban J connectivity index is 1.68. The number of nitrogens with one attached hydrogen (secondary N) is 1. The standard InChI is InChI=1S/C20H17ClN2O4/c1-13(14-5-3-2-4-6-14)12-22-20(24)19-10-9-18(27-19)16-8-7-15(23(25)26)11-17(16)21/h2-11,13H,12H2,1H3,(H,22,24)/t13-/m0/s1. The van der Waals surface area contributed by atoms with Gasteiger partial charge in [0.2, 0.25) is 0 Å². The number of non-ortho nitro benzene ring substituents is 1. The summed E-state index contributed by atoms with van der Waals surface area (Å²) in [5, 5.41) is 13.8. The number of nitrogens with zero attached hydrogens (tertiary/aromatic N) is 1. The molecule has 0 aliphatic heterocycles. The van der Waals surface area contributed by atoms with Gasteiger partial charge in [-0.25, -0.2) is 0 Å². The molecule has 0 unspecified atom stereocenters. The van der Waals surface area contributed by atoms with Gasteiger partial charge < -0.3 is 9.73 Å². The van der Waals surface area contributed by atoms with E-state index in [2.05, 4.69) is 5.32 Å². The summed E-state index contributed by atoms with van der Waals surface area (Å²) < 4.78 is 5.58. The molecular formula is C20H17ClN2O4. The van der Waals surface area contributed by atoms with Crippen LogP contribution in [0.15, 0.2) is 65.1 Å². The van der Waals surface area contributed by atoms with Gasteiger partial charge in [0.15, 0.2) is 5.76 Å². The Morgan fingerprint density at radius 2 is 1.93 bits per heavy atom. The van der Waals surface area contributed by atoms with Crippen molar-refractivity contribution in [3.8, 4) is 11.3 Å². The highest BCUT2D eigenvalue weighted by Crippen LogP contribution is 2.32. The monoisotopic (exact) mass is 384 g/mol. The first-order valence-corrected chi connectivity index (χ1v) is 8.71. The molecule has 0 radical (unpaired) electrons. The van der Waals surface area contributed by atoms with Crippen molar-refractivity contribution < 1.29 is 14.1 Å². The van der Waals surface area contributed by atoms with Gasteiger partial charge in [-0.15, -0.1) is 0 Å². The lowest BCUT2D eigenvalue weighted by molar-refractivity contribution is -0.384. The summed E-state index contributed by atoms with van der Waals surface area (Å²) in [5.41, 5.74) is 1.51. The molecule has 0 saturated heterocycles. The molecule has 7 heteroatoms. The molecule has 1 atom stereocenters. The summed E-state index contributed by atoms with van der Waals surface area (Å²) in [6, 6.07) is 17.1. The number of nitro groups is 1. The number of halogens is 1. The lowest BCUT2D eigenvalue weighted by Gasteiger charge is -2.12. The molecule has 3 rings (SSSR count). The number of rotatable bonds is 6. The van der Waals surface area contributed by atoms with Crippen LogP contribution >= 0.6 is 11.6 Å². The number of nitro benzene ring substituents is 1. The van der Waals surface area contributed by atoms with Crippen LogP contribution in [-0.4, -0.2) is 17.4 Å². The summed E-state index contributed by atoms with van der Waals surface area (Å²) >= 11 is 6.10. The van der Waals surface area contributed by atoms with E-state index < -0.39 is 4.92 Å². The minimum absolute atomic E-state index is 0.108. The zero-order valence-electron chi connectivity index (χ0n) is 14.5. The third-order valence-electron chi connectivity index (χ3n) is 4.20. The van der Waals surface area contributed by atoms with Crippen LogP contribution in [0.4, 0.5) is 5.69 Å². The second kappa shape index (κ2) is 8.05. The van der Waals surface area contributed by atoms with E-state index in [1.165, 1.54) is 18.2 Å². The van der Waals surface area contributed by atoms with Crippen molar-refractivity contribution >= 4 is 23.2 Å². The highest BCUT2D eigenvalue weighted by molar-refractivity contribution is 6.33. The molecule has 0 spiro atoms. The summed E-state index contributed by atoms with van der Waals surface area (Å²) in [6.07, 6.45) is 0. The number of carbonyl (C=O) groups is 1. The van der Waals surface area contributed by atoms with Crippen LogP contribution in [0.25, 0.3) is 11.3 Å². The topological polar surface area (TPSA) is 85.4 Å². The van der Waals surface area contributed by atoms with Gasteiger partial charge in [0.05, 0.1) is 9.95 Å². The quantitative estimate of drug-likeness (QED) is 0.476. The molecule has 1 aromatic heterocycles. The van der Waals surface area contributed by atoms with E-state index in [0.717, 1.165) is 5.56 Å². The minimum atomic E-state index is -0.523. The van der Waals surface area contributed by atoms with E-state index in [0.29, 0.717) is 17.9 Å². The first-order valence-electron chi connectivity index (χ1n) is 8.33. The van der Waals surface area contributed by atoms with Gasteiger partial charge in [-0.2, -0.15) is 0 Å². The van der Waals surface area contributed by atoms with Gasteiger partial charge in [0.25, 0.3) is 11.6 Å². The zero-order chi connectivity index (χ0) is 19.4. The number of hydrogen-bond donors (Lipinski definition) is 1. The number of benzene rings is 2. The highest BCUT2D eigenvalue weighted by Gasteiger charge is 2.17. The van der Waals surface area contributed by atoms with Gasteiger partial charge in [-0.1, -0.05) is 48.9 Å². The Morgan fingerprint density at radius 1 is 1.19 bits per heavy atom. The van der Waals surface area contributed by atoms with Crippen LogP contribution in [-0.2, 0) is 0 Å². The minimum Gasteiger partial charge on any atom is -0.451 e. The maximum absolute atomic E-state index is 12.3. The molecule has 0 saturated carbocycles. The van der Waals surface area contributed by atoms with E-state index in [-0.39, 0.29) is 28.3 Å². The molecule has 0 fully saturated rings. The van der Waals surface area contributed by atoms with E-state index >= 15 is 0 Å². The molecule has 0 aliphatic rings. The fraction of sp³-hybridized carbons (Fsp3) is 0.150. The smallest absolute Gasteiger partial charge is 0.287 e. The number of hydrogen-bond acceptors (Lipinski definition) is 4. The molecule has 1 N–H and O–H groups in total. The Kier molecular flexibility index (Phi) is 5.57. The van der Waals surface area contributed by atoms with Gasteiger partial charge >= 0.3 is 0 Å². The molecule has 0 bridgehead atoms. The van der Waals surface area contributed by atoms with Crippen LogP contribution in [0.1, 0.15) is 29.0 Å². The second-order valence-corrected chi connectivity index (χ2v) is 6.51. The van der Waals surface area contributed by atoms with Crippen molar-refractivity contribution in [1.29, 1.82) is 0 Å². The van der Waals surface area contributed by atoms with Gasteiger partial charge in [-0.05, 0) is 29.7 Å². The lowest BCUT2D eigenvalue weighted by Crippen LogP contribution is -2.27. The third-order valence-corrected chi connectivity index (χ3v) is 4.51. The van der Waals surface area contributed by atoms with Crippen molar-refractivity contribution in [3.63, 3.8) is 0 Å². The summed E-state index contributed by atoms with van der Waals surface area (Å²) in [7, 11) is 0. The Hall–Kier alpha value is -3.12. The SMILES string of the molecule is C[C@@H](CNC(=O)c1ccc(-c2ccc([N+](=O)[O-])cc2Cl)o1)c1ccccc1. The molecule has 6 nitrogen and oxygen atoms in total. The molecule has 138 valence electrons. The molecule has 3 aromatic rings. The van der Waals surface area contributed by atoms with Gasteiger partial charge in [-0.3, -0.25) is 14.9 Å². The molecular weight excluding hydrogens is 368 g/mol. The lowest BCUT2D eigenvalue weighted by atomic mass is 10.0. The Morgan fingerprint density at radius 3 is 2.59 bits per heavy atom.